The quantitative estimate of drug-likeness (QED) is 0.483. The van der Waals surface area contributed by atoms with Crippen molar-refractivity contribution < 1.29 is 14.3 Å². The second-order valence-electron chi connectivity index (χ2n) is 8.27. The molecule has 1 aliphatic heterocycles. The molecule has 1 unspecified atom stereocenters. The third-order valence-electron chi connectivity index (χ3n) is 5.35. The van der Waals surface area contributed by atoms with Crippen LogP contribution in [-0.4, -0.2) is 18.6 Å². The molecule has 0 bridgehead atoms. The van der Waals surface area contributed by atoms with E-state index in [0.717, 1.165) is 27.7 Å². The zero-order valence-corrected chi connectivity index (χ0v) is 18.9. The first-order valence-electron chi connectivity index (χ1n) is 10.4. The molecule has 3 aromatic rings. The van der Waals surface area contributed by atoms with Gasteiger partial charge in [-0.05, 0) is 49.7 Å². The summed E-state index contributed by atoms with van der Waals surface area (Å²) in [5.41, 5.74) is 2.50. The number of nitrogens with one attached hydrogen (secondary N) is 1. The SMILES string of the molecule is COc1ccc2c(c1)C(NC(=O)c1ccccc1SCc1ccccc1)CC(C)(C)O2. The summed E-state index contributed by atoms with van der Waals surface area (Å²) < 4.78 is 11.5. The number of ether oxygens (including phenoxy) is 2. The maximum atomic E-state index is 13.3. The molecule has 4 nitrogen and oxygen atoms in total. The molecule has 0 saturated heterocycles. The van der Waals surface area contributed by atoms with Crippen molar-refractivity contribution in [2.75, 3.05) is 7.11 Å². The summed E-state index contributed by atoms with van der Waals surface area (Å²) in [4.78, 5) is 14.3. The Kier molecular flexibility index (Phi) is 6.23. The molecule has 31 heavy (non-hydrogen) atoms. The first kappa shape index (κ1) is 21.3. The van der Waals surface area contributed by atoms with Gasteiger partial charge in [0.15, 0.2) is 0 Å². The highest BCUT2D eigenvalue weighted by Crippen LogP contribution is 2.41. The van der Waals surface area contributed by atoms with Gasteiger partial charge >= 0.3 is 0 Å². The highest BCUT2D eigenvalue weighted by Gasteiger charge is 2.35. The lowest BCUT2D eigenvalue weighted by Crippen LogP contribution is -2.41. The third kappa shape index (κ3) is 5.05. The predicted octanol–water partition coefficient (Wildman–Crippen LogP) is 6.02. The van der Waals surface area contributed by atoms with Gasteiger partial charge in [-0.15, -0.1) is 11.8 Å². The van der Waals surface area contributed by atoms with Gasteiger partial charge in [-0.25, -0.2) is 0 Å². The van der Waals surface area contributed by atoms with Crippen molar-refractivity contribution in [1.82, 2.24) is 5.32 Å². The number of benzene rings is 3. The van der Waals surface area contributed by atoms with Crippen LogP contribution in [0.25, 0.3) is 0 Å². The molecule has 0 aromatic heterocycles. The summed E-state index contributed by atoms with van der Waals surface area (Å²) in [5.74, 6) is 2.27. The topological polar surface area (TPSA) is 47.6 Å². The van der Waals surface area contributed by atoms with Crippen LogP contribution >= 0.6 is 11.8 Å². The molecular weight excluding hydrogens is 406 g/mol. The van der Waals surface area contributed by atoms with Gasteiger partial charge in [-0.1, -0.05) is 42.5 Å². The van der Waals surface area contributed by atoms with Crippen molar-refractivity contribution in [3.8, 4) is 11.5 Å². The van der Waals surface area contributed by atoms with Gasteiger partial charge < -0.3 is 14.8 Å². The van der Waals surface area contributed by atoms with Gasteiger partial charge in [0.2, 0.25) is 0 Å². The minimum Gasteiger partial charge on any atom is -0.497 e. The van der Waals surface area contributed by atoms with Crippen LogP contribution in [0, 0.1) is 0 Å². The van der Waals surface area contributed by atoms with E-state index in [1.807, 2.05) is 74.5 Å². The van der Waals surface area contributed by atoms with E-state index >= 15 is 0 Å². The van der Waals surface area contributed by atoms with Crippen molar-refractivity contribution in [2.24, 2.45) is 0 Å². The number of carbonyl (C=O) groups excluding carboxylic acids is 1. The molecule has 4 rings (SSSR count). The minimum absolute atomic E-state index is 0.0763. The average Bonchev–Trinajstić information content (AvgIpc) is 2.77. The molecule has 1 atom stereocenters. The maximum absolute atomic E-state index is 13.3. The molecular formula is C26H27NO3S. The van der Waals surface area contributed by atoms with E-state index in [1.165, 1.54) is 5.56 Å². The van der Waals surface area contributed by atoms with Crippen molar-refractivity contribution >= 4 is 17.7 Å². The van der Waals surface area contributed by atoms with Crippen LogP contribution in [0.1, 0.15) is 47.8 Å². The van der Waals surface area contributed by atoms with Gasteiger partial charge in [0.05, 0.1) is 18.7 Å². The normalized spacial score (nSPS) is 16.7. The molecule has 0 fully saturated rings. The minimum atomic E-state index is -0.374. The molecule has 0 saturated carbocycles. The summed E-state index contributed by atoms with van der Waals surface area (Å²) >= 11 is 1.68. The summed E-state index contributed by atoms with van der Waals surface area (Å²) in [6.45, 7) is 4.09. The Bertz CT molecular complexity index is 1070. The predicted molar refractivity (Wildman–Crippen MR) is 125 cm³/mol. The Hall–Kier alpha value is -2.92. The third-order valence-corrected chi connectivity index (χ3v) is 6.49. The number of hydrogen-bond donors (Lipinski definition) is 1. The number of methoxy groups -OCH3 is 1. The van der Waals surface area contributed by atoms with E-state index < -0.39 is 0 Å². The second kappa shape index (κ2) is 9.06. The number of amides is 1. The average molecular weight is 434 g/mol. The zero-order valence-electron chi connectivity index (χ0n) is 18.1. The van der Waals surface area contributed by atoms with E-state index in [9.17, 15) is 4.79 Å². The largest absolute Gasteiger partial charge is 0.497 e. The number of thioether (sulfide) groups is 1. The zero-order chi connectivity index (χ0) is 21.8. The van der Waals surface area contributed by atoms with E-state index in [1.54, 1.807) is 18.9 Å². The molecule has 1 heterocycles. The van der Waals surface area contributed by atoms with Gasteiger partial charge in [0, 0.05) is 22.6 Å². The van der Waals surface area contributed by atoms with Crippen molar-refractivity contribution in [3.63, 3.8) is 0 Å². The van der Waals surface area contributed by atoms with Crippen LogP contribution < -0.4 is 14.8 Å². The van der Waals surface area contributed by atoms with Crippen LogP contribution in [0.3, 0.4) is 0 Å². The van der Waals surface area contributed by atoms with E-state index in [2.05, 4.69) is 17.4 Å². The fraction of sp³-hybridized carbons (Fsp3) is 0.269. The fourth-order valence-electron chi connectivity index (χ4n) is 3.84. The number of carbonyl (C=O) groups is 1. The molecule has 3 aromatic carbocycles. The highest BCUT2D eigenvalue weighted by molar-refractivity contribution is 7.98. The lowest BCUT2D eigenvalue weighted by molar-refractivity contribution is 0.0617. The molecule has 1 amide bonds. The molecule has 5 heteroatoms. The Balaban J connectivity index is 1.56. The van der Waals surface area contributed by atoms with Crippen LogP contribution in [0.15, 0.2) is 77.7 Å². The molecule has 1 aliphatic rings. The highest BCUT2D eigenvalue weighted by atomic mass is 32.2. The molecule has 0 spiro atoms. The van der Waals surface area contributed by atoms with Crippen molar-refractivity contribution in [3.05, 3.63) is 89.5 Å². The molecule has 0 radical (unpaired) electrons. The van der Waals surface area contributed by atoms with E-state index in [-0.39, 0.29) is 17.6 Å². The van der Waals surface area contributed by atoms with E-state index in [4.69, 9.17) is 9.47 Å². The summed E-state index contributed by atoms with van der Waals surface area (Å²) in [6.07, 6.45) is 0.679. The summed E-state index contributed by atoms with van der Waals surface area (Å²) in [7, 11) is 1.64. The molecule has 1 N–H and O–H groups in total. The lowest BCUT2D eigenvalue weighted by Gasteiger charge is -2.38. The van der Waals surface area contributed by atoms with Gasteiger partial charge in [0.25, 0.3) is 5.91 Å². The number of rotatable bonds is 6. The Morgan fingerprint density at radius 1 is 1.10 bits per heavy atom. The van der Waals surface area contributed by atoms with Crippen molar-refractivity contribution in [2.45, 2.75) is 42.6 Å². The maximum Gasteiger partial charge on any atom is 0.252 e. The van der Waals surface area contributed by atoms with Crippen molar-refractivity contribution in [1.29, 1.82) is 0 Å². The van der Waals surface area contributed by atoms with Crippen LogP contribution in [0.5, 0.6) is 11.5 Å². The summed E-state index contributed by atoms with van der Waals surface area (Å²) in [5, 5.41) is 3.25. The Morgan fingerprint density at radius 2 is 1.84 bits per heavy atom. The van der Waals surface area contributed by atoms with Crippen LogP contribution in [-0.2, 0) is 5.75 Å². The van der Waals surface area contributed by atoms with Gasteiger partial charge in [0.1, 0.15) is 17.1 Å². The van der Waals surface area contributed by atoms with Gasteiger partial charge in [-0.3, -0.25) is 4.79 Å². The molecule has 160 valence electrons. The summed E-state index contributed by atoms with van der Waals surface area (Å²) in [6, 6.07) is 23.7. The van der Waals surface area contributed by atoms with Gasteiger partial charge in [-0.2, -0.15) is 0 Å². The van der Waals surface area contributed by atoms with Crippen LogP contribution in [0.2, 0.25) is 0 Å². The smallest absolute Gasteiger partial charge is 0.252 e. The standard InChI is InChI=1S/C26H27NO3S/c1-26(2)16-22(21-15-19(29-3)13-14-23(21)30-26)27-25(28)20-11-7-8-12-24(20)31-17-18-9-5-4-6-10-18/h4-15,22H,16-17H2,1-3H3,(H,27,28). The monoisotopic (exact) mass is 433 g/mol. The number of hydrogen-bond acceptors (Lipinski definition) is 4. The first-order valence-corrected chi connectivity index (χ1v) is 11.4. The number of fused-ring (bicyclic) bond motifs is 1. The fourth-order valence-corrected chi connectivity index (χ4v) is 4.85. The second-order valence-corrected chi connectivity index (χ2v) is 9.28. The first-order chi connectivity index (χ1) is 14.9. The van der Waals surface area contributed by atoms with Crippen LogP contribution in [0.4, 0.5) is 0 Å². The van der Waals surface area contributed by atoms with E-state index in [0.29, 0.717) is 12.0 Å². The Labute approximate surface area is 188 Å². The lowest BCUT2D eigenvalue weighted by atomic mass is 9.89. The Morgan fingerprint density at radius 3 is 2.61 bits per heavy atom. The molecule has 0 aliphatic carbocycles.